The summed E-state index contributed by atoms with van der Waals surface area (Å²) in [5, 5.41) is 9.14. The number of halogens is 1. The molecule has 1 fully saturated rings. The summed E-state index contributed by atoms with van der Waals surface area (Å²) in [6.07, 6.45) is 3.26. The number of nitrogens with one attached hydrogen (secondary N) is 1. The molecule has 0 bridgehead atoms. The van der Waals surface area contributed by atoms with Crippen molar-refractivity contribution >= 4 is 40.8 Å². The van der Waals surface area contributed by atoms with Gasteiger partial charge in [0, 0.05) is 35.0 Å². The molecule has 270 valence electrons. The van der Waals surface area contributed by atoms with Crippen molar-refractivity contribution in [3.63, 3.8) is 0 Å². The normalized spacial score (nSPS) is 14.3. The third kappa shape index (κ3) is 7.77. The number of ether oxygens (including phenoxy) is 3. The first-order valence-electron chi connectivity index (χ1n) is 17.2. The predicted octanol–water partition coefficient (Wildman–Crippen LogP) is 8.23. The van der Waals surface area contributed by atoms with Gasteiger partial charge in [-0.3, -0.25) is 14.3 Å². The van der Waals surface area contributed by atoms with Gasteiger partial charge < -0.3 is 24.4 Å². The van der Waals surface area contributed by atoms with Gasteiger partial charge in [-0.15, -0.1) is 0 Å². The highest BCUT2D eigenvalue weighted by atomic mass is 35.5. The molecule has 1 aromatic heterocycles. The molecule has 2 heterocycles. The lowest BCUT2D eigenvalue weighted by Gasteiger charge is -2.29. The maximum absolute atomic E-state index is 13.3. The van der Waals surface area contributed by atoms with Crippen molar-refractivity contribution in [3.8, 4) is 33.8 Å². The summed E-state index contributed by atoms with van der Waals surface area (Å²) in [4.78, 5) is 38.3. The number of nitrogens with zero attached hydrogens (tertiary/aromatic N) is 3. The standard InChI is InChI=1S/C41H43ClN4O6/c1-25-31(26-13-14-27(37(18-26)50-5)21-45(40(49)52-41(2,3)4)23-30-15-16-39(48)44-30)9-7-10-32(25)33-11-8-12-36-34(33)20-43-46(36)22-28-19-38(51-6)29(24-47)17-35(28)42/h7-14,17-20,24,30H,15-16,21-23H2,1-6H3,(H,44,48)/t30-/m0/s1. The molecular weight excluding hydrogens is 680 g/mol. The number of aromatic nitrogens is 2. The smallest absolute Gasteiger partial charge is 0.410 e. The lowest BCUT2D eigenvalue weighted by Crippen LogP contribution is -2.43. The van der Waals surface area contributed by atoms with Crippen molar-refractivity contribution in [2.75, 3.05) is 20.8 Å². The zero-order valence-corrected chi connectivity index (χ0v) is 31.0. The number of hydrogen-bond acceptors (Lipinski definition) is 7. The highest BCUT2D eigenvalue weighted by molar-refractivity contribution is 6.31. The Morgan fingerprint density at radius 3 is 2.42 bits per heavy atom. The van der Waals surface area contributed by atoms with Crippen LogP contribution >= 0.6 is 11.6 Å². The number of amides is 2. The number of methoxy groups -OCH3 is 2. The molecule has 4 aromatic carbocycles. The van der Waals surface area contributed by atoms with Gasteiger partial charge in [-0.05, 0) is 91.8 Å². The average Bonchev–Trinajstić information content (AvgIpc) is 3.73. The Kier molecular flexibility index (Phi) is 10.6. The van der Waals surface area contributed by atoms with Gasteiger partial charge in [-0.1, -0.05) is 54.1 Å². The Bertz CT molecular complexity index is 2150. The van der Waals surface area contributed by atoms with Gasteiger partial charge in [-0.2, -0.15) is 5.10 Å². The Hall–Kier alpha value is -5.35. The van der Waals surface area contributed by atoms with Gasteiger partial charge in [0.1, 0.15) is 17.1 Å². The minimum Gasteiger partial charge on any atom is -0.496 e. The van der Waals surface area contributed by atoms with Crippen LogP contribution in [-0.4, -0.2) is 65.4 Å². The van der Waals surface area contributed by atoms with E-state index in [1.165, 1.54) is 7.11 Å². The molecule has 1 atom stereocenters. The van der Waals surface area contributed by atoms with Gasteiger partial charge in [0.05, 0.1) is 44.6 Å². The molecule has 52 heavy (non-hydrogen) atoms. The van der Waals surface area contributed by atoms with Gasteiger partial charge >= 0.3 is 6.09 Å². The highest BCUT2D eigenvalue weighted by Gasteiger charge is 2.29. The molecule has 0 aliphatic carbocycles. The van der Waals surface area contributed by atoms with E-state index in [1.54, 1.807) is 24.1 Å². The van der Waals surface area contributed by atoms with Crippen LogP contribution in [-0.2, 0) is 22.6 Å². The molecule has 11 heteroatoms. The molecule has 5 aromatic rings. The molecule has 0 unspecified atom stereocenters. The van der Waals surface area contributed by atoms with Crippen molar-refractivity contribution < 1.29 is 28.6 Å². The Morgan fingerprint density at radius 1 is 1.00 bits per heavy atom. The Balaban J connectivity index is 1.30. The van der Waals surface area contributed by atoms with E-state index in [9.17, 15) is 14.4 Å². The van der Waals surface area contributed by atoms with Crippen LogP contribution in [0.2, 0.25) is 5.02 Å². The topological polar surface area (TPSA) is 112 Å². The van der Waals surface area contributed by atoms with Crippen molar-refractivity contribution in [1.29, 1.82) is 0 Å². The number of aldehydes is 1. The number of benzene rings is 4. The maximum Gasteiger partial charge on any atom is 0.410 e. The summed E-state index contributed by atoms with van der Waals surface area (Å²) >= 11 is 6.56. The summed E-state index contributed by atoms with van der Waals surface area (Å²) < 4.78 is 18.9. The monoisotopic (exact) mass is 722 g/mol. The van der Waals surface area contributed by atoms with Gasteiger partial charge in [0.15, 0.2) is 6.29 Å². The first kappa shape index (κ1) is 36.4. The van der Waals surface area contributed by atoms with Crippen molar-refractivity contribution in [2.24, 2.45) is 0 Å². The van der Waals surface area contributed by atoms with Crippen LogP contribution in [0, 0.1) is 6.92 Å². The molecule has 6 rings (SSSR count). The largest absolute Gasteiger partial charge is 0.496 e. The van der Waals surface area contributed by atoms with E-state index in [4.69, 9.17) is 30.9 Å². The zero-order chi connectivity index (χ0) is 37.2. The van der Waals surface area contributed by atoms with E-state index in [1.807, 2.05) is 68.0 Å². The third-order valence-electron chi connectivity index (χ3n) is 9.29. The van der Waals surface area contributed by atoms with Gasteiger partial charge in [0.2, 0.25) is 5.91 Å². The van der Waals surface area contributed by atoms with Crippen LogP contribution < -0.4 is 14.8 Å². The number of rotatable bonds is 11. The maximum atomic E-state index is 13.3. The van der Waals surface area contributed by atoms with Crippen LogP contribution in [0.25, 0.3) is 33.2 Å². The lowest BCUT2D eigenvalue weighted by molar-refractivity contribution is -0.119. The van der Waals surface area contributed by atoms with E-state index in [-0.39, 0.29) is 18.5 Å². The quantitative estimate of drug-likeness (QED) is 0.137. The minimum atomic E-state index is -0.667. The van der Waals surface area contributed by atoms with Crippen molar-refractivity contribution in [1.82, 2.24) is 20.0 Å². The van der Waals surface area contributed by atoms with Crippen molar-refractivity contribution in [2.45, 2.75) is 65.3 Å². The minimum absolute atomic E-state index is 0.00746. The lowest BCUT2D eigenvalue weighted by atomic mass is 9.91. The molecule has 2 amide bonds. The predicted molar refractivity (Wildman–Crippen MR) is 202 cm³/mol. The molecule has 1 saturated heterocycles. The van der Waals surface area contributed by atoms with Crippen LogP contribution in [0.15, 0.2) is 72.9 Å². The van der Waals surface area contributed by atoms with E-state index in [0.29, 0.717) is 48.0 Å². The first-order chi connectivity index (χ1) is 24.9. The van der Waals surface area contributed by atoms with Gasteiger partial charge in [-0.25, -0.2) is 4.79 Å². The van der Waals surface area contributed by atoms with E-state index >= 15 is 0 Å². The second kappa shape index (κ2) is 15.1. The number of carbonyl (C=O) groups is 3. The summed E-state index contributed by atoms with van der Waals surface area (Å²) in [7, 11) is 3.15. The van der Waals surface area contributed by atoms with Crippen LogP contribution in [0.1, 0.15) is 60.7 Å². The summed E-state index contributed by atoms with van der Waals surface area (Å²) in [6, 6.07) is 21.7. The molecule has 1 aliphatic rings. The first-order valence-corrected chi connectivity index (χ1v) is 17.6. The summed E-state index contributed by atoms with van der Waals surface area (Å²) in [5.41, 5.74) is 7.48. The van der Waals surface area contributed by atoms with Crippen molar-refractivity contribution in [3.05, 3.63) is 100 Å². The van der Waals surface area contributed by atoms with Crippen LogP contribution in [0.5, 0.6) is 11.5 Å². The summed E-state index contributed by atoms with van der Waals surface area (Å²) in [6.45, 7) is 8.61. The highest BCUT2D eigenvalue weighted by Crippen LogP contribution is 2.38. The third-order valence-corrected chi connectivity index (χ3v) is 9.65. The molecule has 1 aliphatic heterocycles. The Morgan fingerprint density at radius 2 is 1.73 bits per heavy atom. The molecular formula is C41H43ClN4O6. The van der Waals surface area contributed by atoms with E-state index in [2.05, 4.69) is 30.4 Å². The fourth-order valence-corrected chi connectivity index (χ4v) is 6.96. The zero-order valence-electron chi connectivity index (χ0n) is 30.3. The summed E-state index contributed by atoms with van der Waals surface area (Å²) in [5.74, 6) is 1.10. The van der Waals surface area contributed by atoms with Crippen LogP contribution in [0.4, 0.5) is 4.79 Å². The Labute approximate surface area is 308 Å². The molecule has 10 nitrogen and oxygen atoms in total. The molecule has 0 radical (unpaired) electrons. The second-order valence-corrected chi connectivity index (χ2v) is 14.4. The fraction of sp³-hybridized carbons (Fsp3) is 0.317. The SMILES string of the molecule is COc1cc(Cn2ncc3c(-c4cccc(-c5ccc(CN(C[C@@H]6CCC(=O)N6)C(=O)OC(C)(C)C)c(OC)c5)c4C)cccc32)c(Cl)cc1C=O. The number of hydrogen-bond donors (Lipinski definition) is 1. The van der Waals surface area contributed by atoms with Gasteiger partial charge in [0.25, 0.3) is 0 Å². The molecule has 1 N–H and O–H groups in total. The molecule has 0 saturated carbocycles. The van der Waals surface area contributed by atoms with Crippen LogP contribution in [0.3, 0.4) is 0 Å². The molecule has 0 spiro atoms. The van der Waals surface area contributed by atoms with E-state index in [0.717, 1.165) is 56.1 Å². The second-order valence-electron chi connectivity index (χ2n) is 14.0. The number of carbonyl (C=O) groups excluding carboxylic acids is 3. The van der Waals surface area contributed by atoms with E-state index < -0.39 is 11.7 Å². The fourth-order valence-electron chi connectivity index (χ4n) is 6.73. The average molecular weight is 723 g/mol. The number of fused-ring (bicyclic) bond motifs is 1.